The first-order chi connectivity index (χ1) is 6.00. The minimum atomic E-state index is 0. The molecule has 0 spiro atoms. The predicted molar refractivity (Wildman–Crippen MR) is 51.6 cm³/mol. The van der Waals surface area contributed by atoms with Crippen LogP contribution in [0.5, 0.6) is 0 Å². The zero-order valence-corrected chi connectivity index (χ0v) is 10.2. The summed E-state index contributed by atoms with van der Waals surface area (Å²) < 4.78 is 0. The molecule has 0 aromatic rings. The van der Waals surface area contributed by atoms with Gasteiger partial charge in [0.25, 0.3) is 0 Å². The van der Waals surface area contributed by atoms with Gasteiger partial charge in [-0.2, -0.15) is 0 Å². The van der Waals surface area contributed by atoms with E-state index in [1.807, 2.05) is 77.0 Å². The van der Waals surface area contributed by atoms with E-state index in [1.54, 1.807) is 0 Å². The fourth-order valence-corrected chi connectivity index (χ4v) is 0.770. The summed E-state index contributed by atoms with van der Waals surface area (Å²) >= 11 is 0. The van der Waals surface area contributed by atoms with Gasteiger partial charge in [-0.1, -0.05) is 0 Å². The molecular weight excluding hydrogens is 281 g/mol. The first-order valence-electron chi connectivity index (χ1n) is 4.00. The minimum absolute atomic E-state index is 0. The summed E-state index contributed by atoms with van der Waals surface area (Å²) in [5.41, 5.74) is 0. The second kappa shape index (κ2) is 13.9. The molecule has 14 heavy (non-hydrogen) atoms. The van der Waals surface area contributed by atoms with Gasteiger partial charge in [0.05, 0.1) is 0 Å². The molecule has 2 rings (SSSR count). The van der Waals surface area contributed by atoms with Gasteiger partial charge >= 0.3 is 19.5 Å². The molecule has 0 N–H and O–H groups in total. The van der Waals surface area contributed by atoms with Gasteiger partial charge in [0.1, 0.15) is 0 Å². The molecule has 0 aromatic carbocycles. The van der Waals surface area contributed by atoms with Gasteiger partial charge in [0, 0.05) is 0 Å². The number of hydrogen-bond acceptors (Lipinski definition) is 0. The van der Waals surface area contributed by atoms with E-state index < -0.39 is 0 Å². The molecule has 0 amide bonds. The summed E-state index contributed by atoms with van der Waals surface area (Å²) in [5.74, 6) is 0. The predicted octanol–water partition coefficient (Wildman–Crippen LogP) is -0.547. The van der Waals surface area contributed by atoms with Crippen molar-refractivity contribution in [1.29, 1.82) is 0 Å². The van der Waals surface area contributed by atoms with Crippen LogP contribution in [-0.4, -0.2) is 0 Å². The summed E-state index contributed by atoms with van der Waals surface area (Å²) in [6.07, 6.45) is 24.0. The maximum absolute atomic E-state index is 2.00. The Morgan fingerprint density at radius 3 is 0.429 bits per heavy atom. The van der Waals surface area contributed by atoms with Gasteiger partial charge in [-0.25, -0.2) is 0 Å². The van der Waals surface area contributed by atoms with Crippen molar-refractivity contribution in [2.75, 3.05) is 0 Å². The van der Waals surface area contributed by atoms with Gasteiger partial charge in [0.15, 0.2) is 0 Å². The first-order valence-corrected chi connectivity index (χ1v) is 4.00. The fraction of sp³-hybridized carbons (Fsp3) is 0. The minimum Gasteiger partial charge on any atom is -1.00 e. The van der Waals surface area contributed by atoms with E-state index in [0.717, 1.165) is 0 Å². The molecule has 0 heterocycles. The van der Waals surface area contributed by atoms with Gasteiger partial charge < -0.3 is 12.4 Å². The Balaban J connectivity index is 0. The third kappa shape index (κ3) is 11.0. The standard InChI is InChI=1S/2C6H6.ClH.Ru/c2*1-2-4-6-5-3-1;;/h2*1-6H;1H;/q;;;+3/p-1. The Morgan fingerprint density at radius 1 is 0.286 bits per heavy atom. The van der Waals surface area contributed by atoms with E-state index in [9.17, 15) is 0 Å². The topological polar surface area (TPSA) is 0 Å². The van der Waals surface area contributed by atoms with Crippen molar-refractivity contribution in [3.05, 3.63) is 77.0 Å². The van der Waals surface area contributed by atoms with E-state index >= 15 is 0 Å². The third-order valence-corrected chi connectivity index (χ3v) is 1.33. The van der Waals surface area contributed by atoms with E-state index in [1.165, 1.54) is 0 Å². The Labute approximate surface area is 109 Å². The summed E-state index contributed by atoms with van der Waals surface area (Å²) in [7, 11) is 0. The van der Waals surface area contributed by atoms with Gasteiger partial charge in [-0.3, -0.25) is 0 Å². The molecule has 0 nitrogen and oxygen atoms in total. The van der Waals surface area contributed by atoms with Crippen LogP contribution in [0.4, 0.5) is 0 Å². The molecule has 2 saturated carbocycles. The average molecular weight is 293 g/mol. The Hall–Kier alpha value is 0.913. The molecule has 0 aromatic heterocycles. The maximum Gasteiger partial charge on any atom is 3.00 e. The van der Waals surface area contributed by atoms with Crippen molar-refractivity contribution >= 4 is 0 Å². The van der Waals surface area contributed by atoms with Crippen LogP contribution >= 0.6 is 0 Å². The number of halogens is 1. The van der Waals surface area contributed by atoms with E-state index in [-0.39, 0.29) is 31.9 Å². The molecule has 2 aliphatic rings. The molecule has 0 bridgehead atoms. The van der Waals surface area contributed by atoms with Gasteiger partial charge in [-0.15, -0.1) is 0 Å². The monoisotopic (exact) mass is 293 g/mol. The molecule has 13 radical (unpaired) electrons. The maximum atomic E-state index is 2.00. The van der Waals surface area contributed by atoms with Gasteiger partial charge in [-0.05, 0) is 77.0 Å². The number of rotatable bonds is 0. The van der Waals surface area contributed by atoms with Crippen LogP contribution < -0.4 is 12.4 Å². The molecule has 0 unspecified atom stereocenters. The molecule has 0 aliphatic heterocycles. The van der Waals surface area contributed by atoms with Crippen molar-refractivity contribution in [2.24, 2.45) is 0 Å². The van der Waals surface area contributed by atoms with E-state index in [0.29, 0.717) is 0 Å². The van der Waals surface area contributed by atoms with Crippen LogP contribution in [0.1, 0.15) is 0 Å². The SMILES string of the molecule is [CH]1[CH][CH][CH][CH][CH]1.[CH]1[CH][CH][CH][CH][CH]1.[Cl-].[Ru+3]. The van der Waals surface area contributed by atoms with Crippen LogP contribution in [0.2, 0.25) is 0 Å². The summed E-state index contributed by atoms with van der Waals surface area (Å²) in [4.78, 5) is 0. The summed E-state index contributed by atoms with van der Waals surface area (Å²) in [6, 6.07) is 0. The fourth-order valence-electron chi connectivity index (χ4n) is 0.770. The molecule has 2 heteroatoms. The summed E-state index contributed by atoms with van der Waals surface area (Å²) in [5, 5.41) is 0. The second-order valence-corrected chi connectivity index (χ2v) is 2.31. The summed E-state index contributed by atoms with van der Waals surface area (Å²) in [6.45, 7) is 0. The van der Waals surface area contributed by atoms with Crippen LogP contribution in [-0.2, 0) is 19.5 Å². The molecule has 2 aliphatic carbocycles. The largest absolute Gasteiger partial charge is 3.00 e. The van der Waals surface area contributed by atoms with Crippen molar-refractivity contribution in [2.45, 2.75) is 0 Å². The molecule has 0 saturated heterocycles. The van der Waals surface area contributed by atoms with Crippen LogP contribution in [0.3, 0.4) is 0 Å². The van der Waals surface area contributed by atoms with Crippen LogP contribution in [0.25, 0.3) is 0 Å². The Bertz CT molecular complexity index is 53.3. The van der Waals surface area contributed by atoms with Crippen molar-refractivity contribution in [1.82, 2.24) is 0 Å². The smallest absolute Gasteiger partial charge is 1.00 e. The normalized spacial score (nSPS) is 20.6. The number of hydrogen-bond donors (Lipinski definition) is 0. The Morgan fingerprint density at radius 2 is 0.357 bits per heavy atom. The molecule has 2 fully saturated rings. The third-order valence-electron chi connectivity index (χ3n) is 1.33. The van der Waals surface area contributed by atoms with Crippen molar-refractivity contribution in [3.63, 3.8) is 0 Å². The average Bonchev–Trinajstić information content (AvgIpc) is 2.24. The van der Waals surface area contributed by atoms with Crippen molar-refractivity contribution < 1.29 is 31.9 Å². The quantitative estimate of drug-likeness (QED) is 0.526. The van der Waals surface area contributed by atoms with Crippen molar-refractivity contribution in [3.8, 4) is 0 Å². The molecular formula is C12H12ClRu+2. The first kappa shape index (κ1) is 17.3. The molecule has 73 valence electrons. The zero-order valence-electron chi connectivity index (χ0n) is 7.66. The van der Waals surface area contributed by atoms with E-state index in [2.05, 4.69) is 0 Å². The van der Waals surface area contributed by atoms with E-state index in [4.69, 9.17) is 0 Å². The van der Waals surface area contributed by atoms with Gasteiger partial charge in [0.2, 0.25) is 0 Å². The molecule has 0 atom stereocenters. The second-order valence-electron chi connectivity index (χ2n) is 2.31. The van der Waals surface area contributed by atoms with Crippen LogP contribution in [0.15, 0.2) is 0 Å². The van der Waals surface area contributed by atoms with Crippen LogP contribution in [0, 0.1) is 77.0 Å². The zero-order chi connectivity index (χ0) is 8.49. The Kier molecular flexibility index (Phi) is 17.2.